The molecule has 5 nitrogen and oxygen atoms in total. The van der Waals surface area contributed by atoms with E-state index in [0.29, 0.717) is 13.2 Å². The number of aromatic nitrogens is 1. The molecule has 0 saturated carbocycles. The van der Waals surface area contributed by atoms with Crippen LogP contribution in [0.15, 0.2) is 11.2 Å². The zero-order valence-corrected chi connectivity index (χ0v) is 15.0. The SMILES string of the molecule is CCNC(=NCc1ncc(C)s1)NC(C)COC.I. The van der Waals surface area contributed by atoms with Crippen molar-refractivity contribution in [1.82, 2.24) is 15.6 Å². The Balaban J connectivity index is 0.00000324. The van der Waals surface area contributed by atoms with Crippen molar-refractivity contribution in [2.45, 2.75) is 33.4 Å². The Morgan fingerprint density at radius 2 is 2.32 bits per heavy atom. The molecule has 1 unspecified atom stereocenters. The number of ether oxygens (including phenoxy) is 1. The Morgan fingerprint density at radius 3 is 2.84 bits per heavy atom. The molecule has 0 bridgehead atoms. The lowest BCUT2D eigenvalue weighted by Gasteiger charge is -2.16. The van der Waals surface area contributed by atoms with Crippen LogP contribution in [0.4, 0.5) is 0 Å². The van der Waals surface area contributed by atoms with E-state index in [4.69, 9.17) is 4.74 Å². The Labute approximate surface area is 136 Å². The lowest BCUT2D eigenvalue weighted by Crippen LogP contribution is -2.43. The largest absolute Gasteiger partial charge is 0.383 e. The average molecular weight is 398 g/mol. The molecule has 0 saturated heterocycles. The summed E-state index contributed by atoms with van der Waals surface area (Å²) in [6.45, 7) is 8.25. The molecule has 7 heteroatoms. The lowest BCUT2D eigenvalue weighted by molar-refractivity contribution is 0.179. The first-order valence-electron chi connectivity index (χ1n) is 6.10. The van der Waals surface area contributed by atoms with Gasteiger partial charge in [0, 0.05) is 30.8 Å². The van der Waals surface area contributed by atoms with Crippen LogP contribution in [0.1, 0.15) is 23.7 Å². The number of thiazole rings is 1. The lowest BCUT2D eigenvalue weighted by atomic mass is 10.4. The normalized spacial score (nSPS) is 12.7. The maximum Gasteiger partial charge on any atom is 0.191 e. The van der Waals surface area contributed by atoms with E-state index < -0.39 is 0 Å². The Hall–Kier alpha value is -0.410. The highest BCUT2D eigenvalue weighted by molar-refractivity contribution is 14.0. The molecule has 1 rings (SSSR count). The van der Waals surface area contributed by atoms with Crippen molar-refractivity contribution in [3.05, 3.63) is 16.1 Å². The first-order chi connectivity index (χ1) is 8.65. The zero-order valence-electron chi connectivity index (χ0n) is 11.9. The second-order valence-corrected chi connectivity index (χ2v) is 5.38. The van der Waals surface area contributed by atoms with Gasteiger partial charge in [-0.3, -0.25) is 0 Å². The fraction of sp³-hybridized carbons (Fsp3) is 0.667. The predicted octanol–water partition coefficient (Wildman–Crippen LogP) is 2.16. The number of nitrogens with one attached hydrogen (secondary N) is 2. The molecule has 0 radical (unpaired) electrons. The van der Waals surface area contributed by atoms with Crippen molar-refractivity contribution in [3.8, 4) is 0 Å². The minimum absolute atomic E-state index is 0. The van der Waals surface area contributed by atoms with Gasteiger partial charge in [-0.15, -0.1) is 35.3 Å². The molecule has 0 aromatic carbocycles. The van der Waals surface area contributed by atoms with Crippen molar-refractivity contribution in [2.75, 3.05) is 20.3 Å². The third-order valence-corrected chi connectivity index (χ3v) is 3.08. The maximum absolute atomic E-state index is 5.09. The van der Waals surface area contributed by atoms with Crippen LogP contribution >= 0.6 is 35.3 Å². The van der Waals surface area contributed by atoms with E-state index in [-0.39, 0.29) is 30.0 Å². The summed E-state index contributed by atoms with van der Waals surface area (Å²) in [5.74, 6) is 0.801. The molecular weight excluding hydrogens is 375 g/mol. The van der Waals surface area contributed by atoms with Crippen LogP contribution in [0.3, 0.4) is 0 Å². The van der Waals surface area contributed by atoms with Crippen molar-refractivity contribution >= 4 is 41.3 Å². The fourth-order valence-corrected chi connectivity index (χ4v) is 2.18. The van der Waals surface area contributed by atoms with Gasteiger partial charge < -0.3 is 15.4 Å². The first-order valence-corrected chi connectivity index (χ1v) is 6.92. The van der Waals surface area contributed by atoms with Crippen molar-refractivity contribution in [1.29, 1.82) is 0 Å². The van der Waals surface area contributed by atoms with Crippen LogP contribution in [-0.2, 0) is 11.3 Å². The third kappa shape index (κ3) is 7.68. The van der Waals surface area contributed by atoms with Gasteiger partial charge in [0.15, 0.2) is 5.96 Å². The predicted molar refractivity (Wildman–Crippen MR) is 91.6 cm³/mol. The number of methoxy groups -OCH3 is 1. The highest BCUT2D eigenvalue weighted by atomic mass is 127. The van der Waals surface area contributed by atoms with Crippen molar-refractivity contribution in [3.63, 3.8) is 0 Å². The van der Waals surface area contributed by atoms with Gasteiger partial charge >= 0.3 is 0 Å². The molecular formula is C12H23IN4OS. The van der Waals surface area contributed by atoms with Gasteiger partial charge in [0.25, 0.3) is 0 Å². The summed E-state index contributed by atoms with van der Waals surface area (Å²) in [5.41, 5.74) is 0. The summed E-state index contributed by atoms with van der Waals surface area (Å²) < 4.78 is 5.09. The van der Waals surface area contributed by atoms with E-state index in [1.54, 1.807) is 18.4 Å². The molecule has 0 spiro atoms. The van der Waals surface area contributed by atoms with Gasteiger partial charge in [0.1, 0.15) is 5.01 Å². The molecule has 0 aliphatic carbocycles. The Morgan fingerprint density at radius 1 is 1.58 bits per heavy atom. The van der Waals surface area contributed by atoms with E-state index in [1.165, 1.54) is 4.88 Å². The standard InChI is InChI=1S/C12H22N4OS.HI/c1-5-13-12(16-9(2)8-17-4)15-7-11-14-6-10(3)18-11;/h6,9H,5,7-8H2,1-4H3,(H2,13,15,16);1H. The second kappa shape index (κ2) is 10.4. The van der Waals surface area contributed by atoms with Crippen LogP contribution in [0.25, 0.3) is 0 Å². The van der Waals surface area contributed by atoms with E-state index in [1.807, 2.05) is 13.1 Å². The minimum atomic E-state index is 0. The van der Waals surface area contributed by atoms with Gasteiger partial charge in [-0.1, -0.05) is 0 Å². The number of aryl methyl sites for hydroxylation is 1. The summed E-state index contributed by atoms with van der Waals surface area (Å²) in [6, 6.07) is 0.228. The average Bonchev–Trinajstić information content (AvgIpc) is 2.73. The second-order valence-electron chi connectivity index (χ2n) is 4.06. The summed E-state index contributed by atoms with van der Waals surface area (Å²) in [5, 5.41) is 7.53. The van der Waals surface area contributed by atoms with Crippen LogP contribution in [-0.4, -0.2) is 37.2 Å². The highest BCUT2D eigenvalue weighted by Crippen LogP contribution is 2.11. The minimum Gasteiger partial charge on any atom is -0.383 e. The van der Waals surface area contributed by atoms with Crippen LogP contribution in [0.2, 0.25) is 0 Å². The summed E-state index contributed by atoms with van der Waals surface area (Å²) >= 11 is 1.68. The molecule has 1 aromatic rings. The molecule has 0 aliphatic heterocycles. The molecule has 1 heterocycles. The van der Waals surface area contributed by atoms with E-state index in [0.717, 1.165) is 17.5 Å². The topological polar surface area (TPSA) is 58.5 Å². The summed E-state index contributed by atoms with van der Waals surface area (Å²) in [7, 11) is 1.70. The molecule has 110 valence electrons. The summed E-state index contributed by atoms with van der Waals surface area (Å²) in [6.07, 6.45) is 1.88. The monoisotopic (exact) mass is 398 g/mol. The van der Waals surface area contributed by atoms with E-state index in [2.05, 4.69) is 34.5 Å². The summed E-state index contributed by atoms with van der Waals surface area (Å²) in [4.78, 5) is 10.0. The smallest absolute Gasteiger partial charge is 0.191 e. The Bertz CT molecular complexity index is 384. The number of halogens is 1. The molecule has 0 fully saturated rings. The molecule has 2 N–H and O–H groups in total. The molecule has 0 amide bonds. The van der Waals surface area contributed by atoms with Gasteiger partial charge in [-0.05, 0) is 20.8 Å². The number of rotatable bonds is 6. The quantitative estimate of drug-likeness (QED) is 0.438. The number of aliphatic imine (C=N–C) groups is 1. The number of hydrogen-bond acceptors (Lipinski definition) is 4. The Kier molecular flexibility index (Phi) is 10.2. The fourth-order valence-electron chi connectivity index (χ4n) is 1.47. The van der Waals surface area contributed by atoms with Gasteiger partial charge in [-0.2, -0.15) is 0 Å². The zero-order chi connectivity index (χ0) is 13.4. The van der Waals surface area contributed by atoms with Gasteiger partial charge in [-0.25, -0.2) is 9.98 Å². The number of nitrogens with zero attached hydrogens (tertiary/aromatic N) is 2. The first kappa shape index (κ1) is 18.6. The molecule has 19 heavy (non-hydrogen) atoms. The number of hydrogen-bond donors (Lipinski definition) is 2. The van der Waals surface area contributed by atoms with Crippen molar-refractivity contribution in [2.24, 2.45) is 4.99 Å². The molecule has 1 aromatic heterocycles. The maximum atomic E-state index is 5.09. The van der Waals surface area contributed by atoms with Gasteiger partial charge in [0.2, 0.25) is 0 Å². The highest BCUT2D eigenvalue weighted by Gasteiger charge is 2.05. The number of guanidine groups is 1. The van der Waals surface area contributed by atoms with E-state index >= 15 is 0 Å². The van der Waals surface area contributed by atoms with Crippen molar-refractivity contribution < 1.29 is 4.74 Å². The third-order valence-electron chi connectivity index (χ3n) is 2.19. The molecule has 1 atom stereocenters. The van der Waals surface area contributed by atoms with E-state index in [9.17, 15) is 0 Å². The molecule has 0 aliphatic rings. The van der Waals surface area contributed by atoms with Crippen LogP contribution in [0, 0.1) is 6.92 Å². The van der Waals surface area contributed by atoms with Crippen LogP contribution in [0.5, 0.6) is 0 Å². The van der Waals surface area contributed by atoms with Crippen LogP contribution < -0.4 is 10.6 Å². The van der Waals surface area contributed by atoms with Gasteiger partial charge in [0.05, 0.1) is 13.2 Å².